The van der Waals surface area contributed by atoms with Gasteiger partial charge >= 0.3 is 6.18 Å². The molecular weight excluding hydrogens is 287 g/mol. The summed E-state index contributed by atoms with van der Waals surface area (Å²) in [6, 6.07) is 2.48. The number of H-pyrrole nitrogens is 1. The molecule has 0 aliphatic rings. The Morgan fingerprint density at radius 1 is 1.39 bits per heavy atom. The second-order valence-corrected chi connectivity index (χ2v) is 4.47. The topological polar surface area (TPSA) is 33.6 Å². The van der Waals surface area contributed by atoms with Gasteiger partial charge in [-0.25, -0.2) is 9.67 Å². The minimum absolute atomic E-state index is 0.122. The van der Waals surface area contributed by atoms with Crippen LogP contribution in [0.5, 0.6) is 0 Å². The van der Waals surface area contributed by atoms with Gasteiger partial charge in [-0.3, -0.25) is 5.10 Å². The van der Waals surface area contributed by atoms with Crippen LogP contribution in [0.1, 0.15) is 11.3 Å². The number of aromatic amines is 1. The normalized spacial score (nSPS) is 11.8. The van der Waals surface area contributed by atoms with Crippen molar-refractivity contribution in [3.63, 3.8) is 0 Å². The first-order valence-electron chi connectivity index (χ1n) is 4.81. The van der Waals surface area contributed by atoms with Crippen LogP contribution in [0.4, 0.5) is 13.2 Å². The van der Waals surface area contributed by atoms with Crippen molar-refractivity contribution in [2.24, 2.45) is 0 Å². The highest BCUT2D eigenvalue weighted by molar-refractivity contribution is 7.71. The van der Waals surface area contributed by atoms with Gasteiger partial charge in [-0.2, -0.15) is 13.2 Å². The highest BCUT2D eigenvalue weighted by atomic mass is 35.5. The maximum Gasteiger partial charge on any atom is 0.417 e. The highest BCUT2D eigenvalue weighted by Gasteiger charge is 2.31. The van der Waals surface area contributed by atoms with Crippen LogP contribution < -0.4 is 0 Å². The second-order valence-electron chi connectivity index (χ2n) is 3.64. The molecule has 8 heteroatoms. The van der Waals surface area contributed by atoms with Gasteiger partial charge in [0.25, 0.3) is 0 Å². The molecule has 2 aromatic rings. The van der Waals surface area contributed by atoms with Gasteiger partial charge < -0.3 is 0 Å². The summed E-state index contributed by atoms with van der Waals surface area (Å²) in [5.41, 5.74) is -0.135. The summed E-state index contributed by atoms with van der Waals surface area (Å²) in [4.78, 5) is 3.70. The third-order valence-corrected chi connectivity index (χ3v) is 2.79. The lowest BCUT2D eigenvalue weighted by atomic mass is 10.3. The predicted octanol–water partition coefficient (Wildman–Crippen LogP) is 3.91. The Morgan fingerprint density at radius 2 is 2.06 bits per heavy atom. The van der Waals surface area contributed by atoms with Gasteiger partial charge in [0.1, 0.15) is 4.64 Å². The zero-order valence-electron chi connectivity index (χ0n) is 9.05. The number of hydrogen-bond acceptors (Lipinski definition) is 2. The van der Waals surface area contributed by atoms with Crippen LogP contribution in [-0.4, -0.2) is 14.8 Å². The van der Waals surface area contributed by atoms with E-state index in [1.807, 2.05) is 0 Å². The van der Waals surface area contributed by atoms with E-state index >= 15 is 0 Å². The highest BCUT2D eigenvalue weighted by Crippen LogP contribution is 2.31. The first-order valence-corrected chi connectivity index (χ1v) is 5.59. The quantitative estimate of drug-likeness (QED) is 0.809. The van der Waals surface area contributed by atoms with E-state index in [-0.39, 0.29) is 10.8 Å². The number of alkyl halides is 3. The molecule has 0 unspecified atom stereocenters. The Bertz CT molecular complexity index is 645. The Labute approximate surface area is 110 Å². The fraction of sp³-hybridized carbons (Fsp3) is 0.200. The Kier molecular flexibility index (Phi) is 3.20. The summed E-state index contributed by atoms with van der Waals surface area (Å²) in [5.74, 6) is 0.141. The largest absolute Gasteiger partial charge is 0.417 e. The maximum atomic E-state index is 12.5. The molecule has 0 aromatic carbocycles. The third kappa shape index (κ3) is 2.41. The Balaban J connectivity index is 2.55. The first-order chi connectivity index (χ1) is 8.29. The molecule has 0 atom stereocenters. The first kappa shape index (κ1) is 13.1. The van der Waals surface area contributed by atoms with Crippen molar-refractivity contribution in [1.82, 2.24) is 14.8 Å². The van der Waals surface area contributed by atoms with Gasteiger partial charge in [-0.05, 0) is 19.1 Å². The molecule has 0 bridgehead atoms. The summed E-state index contributed by atoms with van der Waals surface area (Å²) in [6.07, 6.45) is -3.75. The van der Waals surface area contributed by atoms with E-state index in [1.165, 1.54) is 4.68 Å². The van der Waals surface area contributed by atoms with Crippen LogP contribution in [0.2, 0.25) is 5.02 Å². The smallest absolute Gasteiger partial charge is 0.296 e. The summed E-state index contributed by atoms with van der Waals surface area (Å²) in [5, 5.41) is 2.72. The van der Waals surface area contributed by atoms with Crippen molar-refractivity contribution < 1.29 is 13.2 Å². The minimum Gasteiger partial charge on any atom is -0.296 e. The van der Waals surface area contributed by atoms with Crippen LogP contribution in [0.3, 0.4) is 0 Å². The third-order valence-electron chi connectivity index (χ3n) is 2.21. The molecule has 0 radical (unpaired) electrons. The molecule has 18 heavy (non-hydrogen) atoms. The van der Waals surface area contributed by atoms with Crippen molar-refractivity contribution in [2.75, 3.05) is 0 Å². The summed E-state index contributed by atoms with van der Waals surface area (Å²) >= 11 is 10.8. The molecule has 0 aliphatic carbocycles. The molecular formula is C10H7ClF3N3S. The molecule has 0 aliphatic heterocycles. The van der Waals surface area contributed by atoms with E-state index in [9.17, 15) is 13.2 Å². The number of nitrogens with one attached hydrogen (secondary N) is 1. The van der Waals surface area contributed by atoms with Crippen LogP contribution in [0.15, 0.2) is 18.3 Å². The van der Waals surface area contributed by atoms with Crippen LogP contribution >= 0.6 is 23.8 Å². The molecule has 0 amide bonds. The van der Waals surface area contributed by atoms with Gasteiger partial charge in [-0.15, -0.1) is 0 Å². The molecule has 0 spiro atoms. The van der Waals surface area contributed by atoms with E-state index in [1.54, 1.807) is 13.0 Å². The number of aryl methyl sites for hydroxylation is 1. The van der Waals surface area contributed by atoms with Crippen molar-refractivity contribution in [1.29, 1.82) is 0 Å². The number of aromatic nitrogens is 3. The van der Waals surface area contributed by atoms with Crippen molar-refractivity contribution in [3.8, 4) is 5.82 Å². The van der Waals surface area contributed by atoms with Crippen molar-refractivity contribution in [2.45, 2.75) is 13.1 Å². The number of nitrogens with zero attached hydrogens (tertiary/aromatic N) is 2. The SMILES string of the molecule is Cc1cc(=S)n(-c2ncc(C(F)(F)F)cc2Cl)[nH]1. The molecule has 2 aromatic heterocycles. The molecule has 2 heterocycles. The minimum atomic E-state index is -4.47. The van der Waals surface area contributed by atoms with E-state index < -0.39 is 11.7 Å². The second kappa shape index (κ2) is 4.40. The van der Waals surface area contributed by atoms with Gasteiger partial charge in [0.05, 0.1) is 10.6 Å². The van der Waals surface area contributed by atoms with E-state index in [4.69, 9.17) is 23.8 Å². The molecule has 0 saturated heterocycles. The van der Waals surface area contributed by atoms with E-state index in [0.29, 0.717) is 4.64 Å². The summed E-state index contributed by atoms with van der Waals surface area (Å²) in [7, 11) is 0. The van der Waals surface area contributed by atoms with E-state index in [0.717, 1.165) is 18.0 Å². The van der Waals surface area contributed by atoms with Crippen molar-refractivity contribution >= 4 is 23.8 Å². The van der Waals surface area contributed by atoms with Gasteiger partial charge in [0, 0.05) is 11.9 Å². The fourth-order valence-corrected chi connectivity index (χ4v) is 1.98. The molecule has 1 N–H and O–H groups in total. The molecule has 3 nitrogen and oxygen atoms in total. The number of pyridine rings is 1. The number of rotatable bonds is 1. The number of halogens is 4. The van der Waals surface area contributed by atoms with Crippen LogP contribution in [0, 0.1) is 11.6 Å². The average Bonchev–Trinajstić information content (AvgIpc) is 2.56. The Morgan fingerprint density at radius 3 is 2.50 bits per heavy atom. The molecule has 0 saturated carbocycles. The van der Waals surface area contributed by atoms with Gasteiger partial charge in [0.15, 0.2) is 5.82 Å². The monoisotopic (exact) mass is 293 g/mol. The Hall–Kier alpha value is -1.34. The van der Waals surface area contributed by atoms with Crippen LogP contribution in [-0.2, 0) is 6.18 Å². The number of hydrogen-bond donors (Lipinski definition) is 1. The predicted molar refractivity (Wildman–Crippen MR) is 63.5 cm³/mol. The zero-order valence-corrected chi connectivity index (χ0v) is 10.6. The summed E-state index contributed by atoms with van der Waals surface area (Å²) < 4.78 is 39.1. The molecule has 2 rings (SSSR count). The zero-order chi connectivity index (χ0) is 13.5. The molecule has 96 valence electrons. The lowest BCUT2D eigenvalue weighted by molar-refractivity contribution is -0.137. The maximum absolute atomic E-state index is 12.5. The van der Waals surface area contributed by atoms with Crippen molar-refractivity contribution in [3.05, 3.63) is 39.3 Å². The van der Waals surface area contributed by atoms with E-state index in [2.05, 4.69) is 10.1 Å². The lowest BCUT2D eigenvalue weighted by Crippen LogP contribution is -2.08. The van der Waals surface area contributed by atoms with Gasteiger partial charge in [-0.1, -0.05) is 23.8 Å². The lowest BCUT2D eigenvalue weighted by Gasteiger charge is -2.09. The molecule has 0 fully saturated rings. The average molecular weight is 294 g/mol. The van der Waals surface area contributed by atoms with Crippen LogP contribution in [0.25, 0.3) is 5.82 Å². The fourth-order valence-electron chi connectivity index (χ4n) is 1.42. The summed E-state index contributed by atoms with van der Waals surface area (Å²) in [6.45, 7) is 1.77. The standard InChI is InChI=1S/C10H7ClF3N3S/c1-5-2-8(18)17(16-5)9-7(11)3-6(4-15-9)10(12,13)14/h2-4,16H,1H3. The van der Waals surface area contributed by atoms with Gasteiger partial charge in [0.2, 0.25) is 0 Å².